The highest BCUT2D eigenvalue weighted by Gasteiger charge is 2.45. The molecule has 0 unspecified atom stereocenters. The Bertz CT molecular complexity index is 1150. The third kappa shape index (κ3) is 4.78. The lowest BCUT2D eigenvalue weighted by Crippen LogP contribution is -2.43. The quantitative estimate of drug-likeness (QED) is 0.431. The molecule has 5 rings (SSSR count). The van der Waals surface area contributed by atoms with E-state index < -0.39 is 0 Å². The molecule has 1 aliphatic heterocycles. The minimum absolute atomic E-state index is 0.214. The van der Waals surface area contributed by atoms with Gasteiger partial charge in [0.1, 0.15) is 0 Å². The molecule has 1 saturated heterocycles. The summed E-state index contributed by atoms with van der Waals surface area (Å²) in [4.78, 5) is 19.9. The Morgan fingerprint density at radius 3 is 2.41 bits per heavy atom. The number of hydrogen-bond donors (Lipinski definition) is 3. The fourth-order valence-corrected chi connectivity index (χ4v) is 5.50. The molecule has 3 N–H and O–H groups in total. The second-order valence-corrected chi connectivity index (χ2v) is 10.9. The zero-order chi connectivity index (χ0) is 23.8. The number of hydrogen-bond acceptors (Lipinski definition) is 5. The first-order valence-corrected chi connectivity index (χ1v) is 13.0. The summed E-state index contributed by atoms with van der Waals surface area (Å²) in [5.74, 6) is 0. The van der Waals surface area contributed by atoms with Crippen LogP contribution in [0.1, 0.15) is 43.5 Å². The van der Waals surface area contributed by atoms with Crippen LogP contribution in [0.5, 0.6) is 0 Å². The van der Waals surface area contributed by atoms with Crippen molar-refractivity contribution in [2.45, 2.75) is 37.6 Å². The van der Waals surface area contributed by atoms with E-state index in [-0.39, 0.29) is 17.0 Å². The minimum Gasteiger partial charge on any atom is -0.369 e. The first kappa shape index (κ1) is 23.1. The predicted octanol–water partition coefficient (Wildman–Crippen LogP) is 5.34. The van der Waals surface area contributed by atoms with Gasteiger partial charge in [-0.05, 0) is 48.2 Å². The van der Waals surface area contributed by atoms with Crippen LogP contribution in [0.2, 0.25) is 5.02 Å². The van der Waals surface area contributed by atoms with Crippen LogP contribution in [0.25, 0.3) is 0 Å². The maximum atomic E-state index is 12.8. The van der Waals surface area contributed by atoms with Gasteiger partial charge < -0.3 is 15.5 Å². The molecule has 178 valence electrons. The van der Waals surface area contributed by atoms with E-state index >= 15 is 0 Å². The zero-order valence-corrected chi connectivity index (χ0v) is 21.1. The summed E-state index contributed by atoms with van der Waals surface area (Å²) >= 11 is 7.48. The molecule has 3 aromatic rings. The maximum Gasteiger partial charge on any atom is 0.321 e. The molecule has 0 radical (unpaired) electrons. The van der Waals surface area contributed by atoms with E-state index in [0.717, 1.165) is 55.8 Å². The molecule has 1 saturated carbocycles. The van der Waals surface area contributed by atoms with E-state index in [9.17, 15) is 4.79 Å². The summed E-state index contributed by atoms with van der Waals surface area (Å²) < 4.78 is 0. The van der Waals surface area contributed by atoms with Crippen molar-refractivity contribution >= 4 is 39.8 Å². The highest BCUT2D eigenvalue weighted by atomic mass is 35.5. The van der Waals surface area contributed by atoms with Crippen molar-refractivity contribution in [1.29, 1.82) is 0 Å². The molecule has 1 aliphatic carbocycles. The van der Waals surface area contributed by atoms with E-state index in [0.29, 0.717) is 10.2 Å². The standard InChI is InChI=1S/C26H30ClN5OS/c1-25(2,18-3-7-20(27)8-4-18)22-17-34-24(29-22)30-23(33)31-26(11-12-26)19-5-9-21(10-6-19)32-15-13-28-14-16-32/h3-10,17,28H,11-16H2,1-2H3,(H2,29,30,31,33). The minimum atomic E-state index is -0.290. The lowest BCUT2D eigenvalue weighted by Gasteiger charge is -2.30. The van der Waals surface area contributed by atoms with Crippen LogP contribution in [0.4, 0.5) is 15.6 Å². The number of amides is 2. The number of thiazole rings is 1. The van der Waals surface area contributed by atoms with Crippen LogP contribution in [-0.2, 0) is 11.0 Å². The van der Waals surface area contributed by atoms with E-state index in [1.807, 2.05) is 29.6 Å². The Labute approximate surface area is 209 Å². The van der Waals surface area contributed by atoms with Crippen LogP contribution in [0.15, 0.2) is 53.9 Å². The molecule has 0 atom stereocenters. The van der Waals surface area contributed by atoms with Gasteiger partial charge in [-0.25, -0.2) is 9.78 Å². The van der Waals surface area contributed by atoms with Gasteiger partial charge in [-0.2, -0.15) is 0 Å². The van der Waals surface area contributed by atoms with Crippen molar-refractivity contribution in [3.05, 3.63) is 75.8 Å². The van der Waals surface area contributed by atoms with Crippen LogP contribution >= 0.6 is 22.9 Å². The Morgan fingerprint density at radius 2 is 1.76 bits per heavy atom. The third-order valence-corrected chi connectivity index (χ3v) is 7.95. The molecular weight excluding hydrogens is 466 g/mol. The summed E-state index contributed by atoms with van der Waals surface area (Å²) in [5, 5.41) is 12.8. The summed E-state index contributed by atoms with van der Waals surface area (Å²) in [6, 6.07) is 16.3. The number of aromatic nitrogens is 1. The lowest BCUT2D eigenvalue weighted by atomic mass is 9.82. The average Bonchev–Trinajstić information content (AvgIpc) is 3.46. The van der Waals surface area contributed by atoms with E-state index in [1.165, 1.54) is 17.0 Å². The second-order valence-electron chi connectivity index (χ2n) is 9.61. The number of urea groups is 1. The largest absolute Gasteiger partial charge is 0.369 e. The Hall–Kier alpha value is -2.61. The van der Waals surface area contributed by atoms with Gasteiger partial charge in [-0.15, -0.1) is 11.3 Å². The van der Waals surface area contributed by atoms with Gasteiger partial charge in [0.05, 0.1) is 11.2 Å². The molecule has 6 nitrogen and oxygen atoms in total. The maximum absolute atomic E-state index is 12.8. The molecule has 2 heterocycles. The normalized spacial score (nSPS) is 17.3. The second kappa shape index (κ2) is 9.21. The van der Waals surface area contributed by atoms with Crippen LogP contribution in [-0.4, -0.2) is 37.2 Å². The average molecular weight is 496 g/mol. The van der Waals surface area contributed by atoms with Gasteiger partial charge in [-0.1, -0.05) is 49.7 Å². The van der Waals surface area contributed by atoms with Gasteiger partial charge in [0, 0.05) is 47.7 Å². The number of piperazine rings is 1. The summed E-state index contributed by atoms with van der Waals surface area (Å²) in [6.07, 6.45) is 1.89. The van der Waals surface area contributed by atoms with Gasteiger partial charge in [-0.3, -0.25) is 5.32 Å². The van der Waals surface area contributed by atoms with Crippen molar-refractivity contribution in [3.63, 3.8) is 0 Å². The lowest BCUT2D eigenvalue weighted by molar-refractivity contribution is 0.247. The molecule has 2 amide bonds. The van der Waals surface area contributed by atoms with E-state index in [1.54, 1.807) is 0 Å². The van der Waals surface area contributed by atoms with Gasteiger partial charge in [0.2, 0.25) is 0 Å². The fourth-order valence-electron chi connectivity index (χ4n) is 4.50. The monoisotopic (exact) mass is 495 g/mol. The van der Waals surface area contributed by atoms with Gasteiger partial charge in [0.25, 0.3) is 0 Å². The van der Waals surface area contributed by atoms with Crippen LogP contribution < -0.4 is 20.9 Å². The zero-order valence-electron chi connectivity index (χ0n) is 19.5. The highest BCUT2D eigenvalue weighted by molar-refractivity contribution is 7.13. The summed E-state index contributed by atoms with van der Waals surface area (Å²) in [5.41, 5.74) is 3.87. The third-order valence-electron chi connectivity index (χ3n) is 6.94. The molecule has 34 heavy (non-hydrogen) atoms. The molecule has 8 heteroatoms. The Kier molecular flexibility index (Phi) is 6.27. The molecule has 1 aromatic heterocycles. The van der Waals surface area contributed by atoms with E-state index in [2.05, 4.69) is 59.0 Å². The number of rotatable bonds is 6. The topological polar surface area (TPSA) is 69.3 Å². The fraction of sp³-hybridized carbons (Fsp3) is 0.385. The smallest absolute Gasteiger partial charge is 0.321 e. The Balaban J connectivity index is 1.22. The van der Waals surface area contributed by atoms with Crippen molar-refractivity contribution in [3.8, 4) is 0 Å². The number of anilines is 2. The molecular formula is C26H30ClN5OS. The van der Waals surface area contributed by atoms with E-state index in [4.69, 9.17) is 16.6 Å². The number of nitrogens with zero attached hydrogens (tertiary/aromatic N) is 2. The first-order chi connectivity index (χ1) is 16.4. The van der Waals surface area contributed by atoms with Crippen molar-refractivity contribution < 1.29 is 4.79 Å². The number of benzene rings is 2. The number of carbonyl (C=O) groups excluding carboxylic acids is 1. The molecule has 2 aromatic carbocycles. The molecule has 2 fully saturated rings. The van der Waals surface area contributed by atoms with Crippen LogP contribution in [0, 0.1) is 0 Å². The van der Waals surface area contributed by atoms with Crippen molar-refractivity contribution in [2.24, 2.45) is 0 Å². The molecule has 2 aliphatic rings. The van der Waals surface area contributed by atoms with Crippen molar-refractivity contribution in [1.82, 2.24) is 15.6 Å². The highest BCUT2D eigenvalue weighted by Crippen LogP contribution is 2.46. The van der Waals surface area contributed by atoms with Crippen molar-refractivity contribution in [2.75, 3.05) is 36.4 Å². The molecule has 0 bridgehead atoms. The number of carbonyl (C=O) groups is 1. The van der Waals surface area contributed by atoms with Gasteiger partial charge in [0.15, 0.2) is 5.13 Å². The first-order valence-electron chi connectivity index (χ1n) is 11.7. The molecule has 0 spiro atoms. The van der Waals surface area contributed by atoms with Gasteiger partial charge >= 0.3 is 6.03 Å². The predicted molar refractivity (Wildman–Crippen MR) is 140 cm³/mol. The summed E-state index contributed by atoms with van der Waals surface area (Å²) in [6.45, 7) is 8.33. The summed E-state index contributed by atoms with van der Waals surface area (Å²) in [7, 11) is 0. The Morgan fingerprint density at radius 1 is 1.09 bits per heavy atom. The van der Waals surface area contributed by atoms with Crippen LogP contribution in [0.3, 0.4) is 0 Å². The number of nitrogens with one attached hydrogen (secondary N) is 3. The SMILES string of the molecule is CC(C)(c1ccc(Cl)cc1)c1csc(NC(=O)NC2(c3ccc(N4CCNCC4)cc3)CC2)n1. The number of halogens is 1.